The zero-order chi connectivity index (χ0) is 25.1. The van der Waals surface area contributed by atoms with Crippen LogP contribution in [0.2, 0.25) is 0 Å². The molecular weight excluding hydrogens is 452 g/mol. The Kier molecular flexibility index (Phi) is 7.00. The zero-order valence-electron chi connectivity index (χ0n) is 20.8. The molecule has 1 saturated heterocycles. The number of fused-ring (bicyclic) bond motifs is 4. The molecule has 3 aromatic rings. The van der Waals surface area contributed by atoms with E-state index in [0.29, 0.717) is 24.0 Å². The highest BCUT2D eigenvalue weighted by molar-refractivity contribution is 5.96. The third-order valence-corrected chi connectivity index (χ3v) is 7.10. The Balaban J connectivity index is 1.31. The van der Waals surface area contributed by atoms with E-state index in [0.717, 1.165) is 60.7 Å². The lowest BCUT2D eigenvalue weighted by Gasteiger charge is -2.43. The number of carbonyl (C=O) groups excluding carboxylic acids is 1. The molecule has 1 N–H and O–H groups in total. The van der Waals surface area contributed by atoms with Crippen molar-refractivity contribution in [3.05, 3.63) is 99.0 Å². The van der Waals surface area contributed by atoms with Crippen molar-refractivity contribution in [2.24, 2.45) is 11.0 Å². The maximum atomic E-state index is 12.5. The average molecular weight is 485 g/mol. The summed E-state index contributed by atoms with van der Waals surface area (Å²) in [4.78, 5) is 27.3. The van der Waals surface area contributed by atoms with Gasteiger partial charge in [-0.2, -0.15) is 5.10 Å². The van der Waals surface area contributed by atoms with E-state index in [2.05, 4.69) is 27.6 Å². The molecule has 2 aliphatic rings. The number of benzene rings is 2. The maximum absolute atomic E-state index is 12.5. The molecule has 7 nitrogen and oxygen atoms in total. The Bertz CT molecular complexity index is 1350. The minimum absolute atomic E-state index is 0.107. The van der Waals surface area contributed by atoms with Crippen LogP contribution >= 0.6 is 0 Å². The molecule has 0 aliphatic carbocycles. The minimum atomic E-state index is -0.227. The summed E-state index contributed by atoms with van der Waals surface area (Å²) in [5.41, 5.74) is 7.40. The number of piperidine rings is 1. The number of ether oxygens (including phenoxy) is 1. The lowest BCUT2D eigenvalue weighted by molar-refractivity contribution is 0.0954. The van der Waals surface area contributed by atoms with Gasteiger partial charge in [-0.15, -0.1) is 0 Å². The molecule has 1 aromatic heterocycles. The van der Waals surface area contributed by atoms with E-state index in [4.69, 9.17) is 4.74 Å². The first-order valence-corrected chi connectivity index (χ1v) is 12.6. The zero-order valence-corrected chi connectivity index (χ0v) is 20.8. The second-order valence-corrected chi connectivity index (χ2v) is 9.71. The van der Waals surface area contributed by atoms with Crippen molar-refractivity contribution in [1.29, 1.82) is 0 Å². The first-order valence-electron chi connectivity index (χ1n) is 12.6. The van der Waals surface area contributed by atoms with Gasteiger partial charge in [0.05, 0.1) is 12.8 Å². The summed E-state index contributed by atoms with van der Waals surface area (Å²) in [5, 5.41) is 4.19. The van der Waals surface area contributed by atoms with Gasteiger partial charge in [0.15, 0.2) is 0 Å². The number of hydrogen-bond acceptors (Lipinski definition) is 5. The number of carbonyl (C=O) groups is 1. The molecule has 2 aromatic carbocycles. The molecular formula is C29H32N4O3. The fourth-order valence-corrected chi connectivity index (χ4v) is 5.52. The minimum Gasteiger partial charge on any atom is -0.494 e. The van der Waals surface area contributed by atoms with Gasteiger partial charge in [-0.05, 0) is 67.6 Å². The normalized spacial score (nSPS) is 19.2. The maximum Gasteiger partial charge on any atom is 0.271 e. The molecule has 0 spiro atoms. The van der Waals surface area contributed by atoms with Crippen LogP contribution in [0.25, 0.3) is 0 Å². The Morgan fingerprint density at radius 3 is 2.81 bits per heavy atom. The number of aryl methyl sites for hydroxylation is 1. The highest BCUT2D eigenvalue weighted by Crippen LogP contribution is 2.36. The molecule has 0 unspecified atom stereocenters. The summed E-state index contributed by atoms with van der Waals surface area (Å²) in [6.45, 7) is 7.89. The van der Waals surface area contributed by atoms with Crippen molar-refractivity contribution >= 4 is 12.1 Å². The predicted molar refractivity (Wildman–Crippen MR) is 141 cm³/mol. The van der Waals surface area contributed by atoms with E-state index in [1.54, 1.807) is 18.3 Å². The van der Waals surface area contributed by atoms with Gasteiger partial charge >= 0.3 is 0 Å². The number of nitrogens with one attached hydrogen (secondary N) is 1. The number of hydrazone groups is 1. The molecule has 2 bridgehead atoms. The number of hydrogen-bond donors (Lipinski definition) is 1. The van der Waals surface area contributed by atoms with E-state index in [1.165, 1.54) is 0 Å². The summed E-state index contributed by atoms with van der Waals surface area (Å²) >= 11 is 0. The van der Waals surface area contributed by atoms with E-state index in [1.807, 2.05) is 54.8 Å². The number of aromatic nitrogens is 1. The smallest absolute Gasteiger partial charge is 0.271 e. The van der Waals surface area contributed by atoms with Crippen molar-refractivity contribution in [2.75, 3.05) is 19.7 Å². The average Bonchev–Trinajstić information content (AvgIpc) is 2.86. The van der Waals surface area contributed by atoms with E-state index < -0.39 is 0 Å². The monoisotopic (exact) mass is 484 g/mol. The summed E-state index contributed by atoms with van der Waals surface area (Å²) in [7, 11) is 0. The third kappa shape index (κ3) is 5.11. The molecule has 1 fully saturated rings. The highest BCUT2D eigenvalue weighted by atomic mass is 16.5. The van der Waals surface area contributed by atoms with Crippen LogP contribution < -0.4 is 15.7 Å². The van der Waals surface area contributed by atoms with Gasteiger partial charge in [0.1, 0.15) is 5.75 Å². The van der Waals surface area contributed by atoms with Crippen LogP contribution in [0.4, 0.5) is 0 Å². The van der Waals surface area contributed by atoms with Gasteiger partial charge in [0.25, 0.3) is 11.5 Å². The van der Waals surface area contributed by atoms with Gasteiger partial charge in [0, 0.05) is 55.0 Å². The molecule has 2 aliphatic heterocycles. The second-order valence-electron chi connectivity index (χ2n) is 9.71. The second kappa shape index (κ2) is 10.5. The highest BCUT2D eigenvalue weighted by Gasteiger charge is 2.34. The van der Waals surface area contributed by atoms with Crippen LogP contribution in [0.1, 0.15) is 52.0 Å². The fraction of sp³-hybridized carbons (Fsp3) is 0.345. The Morgan fingerprint density at radius 2 is 1.97 bits per heavy atom. The number of pyridine rings is 1. The molecule has 7 heteroatoms. The van der Waals surface area contributed by atoms with E-state index in [-0.39, 0.29) is 11.5 Å². The van der Waals surface area contributed by atoms with Crippen LogP contribution in [-0.2, 0) is 13.1 Å². The number of nitrogens with zero attached hydrogens (tertiary/aromatic N) is 3. The van der Waals surface area contributed by atoms with E-state index in [9.17, 15) is 9.59 Å². The Hall–Kier alpha value is -3.71. The standard InChI is InChI=1S/C29H32N4O3/c1-3-36-27-12-11-21(15-30-31-29(35)25-8-5-4-7-20(25)2)13-24(27)19-32-16-22-14-23(18-32)26-9-6-10-28(34)33(26)17-22/h4-13,15,22-23H,3,14,16-19H2,1-2H3,(H,31,35)/b30-15-/t22-,23+/m1/s1. The molecule has 2 atom stereocenters. The van der Waals surface area contributed by atoms with Gasteiger partial charge in [-0.1, -0.05) is 24.3 Å². The predicted octanol–water partition coefficient (Wildman–Crippen LogP) is 3.94. The topological polar surface area (TPSA) is 75.9 Å². The lowest BCUT2D eigenvalue weighted by Crippen LogP contribution is -2.46. The summed E-state index contributed by atoms with van der Waals surface area (Å²) in [5.74, 6) is 1.47. The molecule has 0 radical (unpaired) electrons. The summed E-state index contributed by atoms with van der Waals surface area (Å²) < 4.78 is 7.89. The molecule has 5 rings (SSSR count). The van der Waals surface area contributed by atoms with Gasteiger partial charge in [-0.25, -0.2) is 5.43 Å². The fourth-order valence-electron chi connectivity index (χ4n) is 5.52. The Morgan fingerprint density at radius 1 is 1.11 bits per heavy atom. The van der Waals surface area contributed by atoms with Crippen LogP contribution in [0, 0.1) is 12.8 Å². The van der Waals surface area contributed by atoms with Crippen LogP contribution in [0.5, 0.6) is 5.75 Å². The van der Waals surface area contributed by atoms with E-state index >= 15 is 0 Å². The molecule has 1 amide bonds. The Labute approximate surface area is 211 Å². The van der Waals surface area contributed by atoms with Gasteiger partial charge in [0.2, 0.25) is 0 Å². The van der Waals surface area contributed by atoms with Gasteiger partial charge in [-0.3, -0.25) is 14.5 Å². The van der Waals surface area contributed by atoms with Crippen LogP contribution in [0.15, 0.2) is 70.6 Å². The SMILES string of the molecule is CCOc1ccc(/C=N\NC(=O)c2ccccc2C)cc1CN1C[C@H]2C[C@@H](C1)c1cccc(=O)n1C2. The third-order valence-electron chi connectivity index (χ3n) is 7.10. The van der Waals surface area contributed by atoms with Crippen LogP contribution in [-0.4, -0.2) is 41.3 Å². The molecule has 3 heterocycles. The molecule has 186 valence electrons. The van der Waals surface area contributed by atoms with Gasteiger partial charge < -0.3 is 9.30 Å². The van der Waals surface area contributed by atoms with Crippen molar-refractivity contribution in [1.82, 2.24) is 14.9 Å². The van der Waals surface area contributed by atoms with Crippen molar-refractivity contribution in [2.45, 2.75) is 39.3 Å². The van der Waals surface area contributed by atoms with Crippen molar-refractivity contribution < 1.29 is 9.53 Å². The quantitative estimate of drug-likeness (QED) is 0.407. The first-order chi connectivity index (χ1) is 17.5. The molecule has 36 heavy (non-hydrogen) atoms. The number of likely N-dealkylation sites (tertiary alicyclic amines) is 1. The summed E-state index contributed by atoms with van der Waals surface area (Å²) in [6.07, 6.45) is 2.80. The number of rotatable bonds is 7. The largest absolute Gasteiger partial charge is 0.494 e. The number of amides is 1. The first kappa shape index (κ1) is 24.0. The van der Waals surface area contributed by atoms with Crippen molar-refractivity contribution in [3.63, 3.8) is 0 Å². The molecule has 0 saturated carbocycles. The lowest BCUT2D eigenvalue weighted by atomic mass is 9.83. The van der Waals surface area contributed by atoms with Crippen LogP contribution in [0.3, 0.4) is 0 Å². The summed E-state index contributed by atoms with van der Waals surface area (Å²) in [6, 6.07) is 19.1. The van der Waals surface area contributed by atoms with Crippen molar-refractivity contribution in [3.8, 4) is 5.75 Å².